The summed E-state index contributed by atoms with van der Waals surface area (Å²) in [4.78, 5) is 9.56. The van der Waals surface area contributed by atoms with E-state index in [9.17, 15) is 0 Å². The van der Waals surface area contributed by atoms with Crippen LogP contribution < -0.4 is 9.80 Å². The van der Waals surface area contributed by atoms with Crippen LogP contribution >= 0.6 is 0 Å². The van der Waals surface area contributed by atoms with Gasteiger partial charge in [0.2, 0.25) is 0 Å². The molecule has 0 fully saturated rings. The second-order valence-electron chi connectivity index (χ2n) is 16.1. The molecular formula is C56H42N4. The number of para-hydroxylation sites is 4. The molecule has 4 heteroatoms. The Bertz CT molecular complexity index is 3130. The van der Waals surface area contributed by atoms with Crippen molar-refractivity contribution in [1.82, 2.24) is 9.55 Å². The van der Waals surface area contributed by atoms with Crippen LogP contribution in [-0.2, 0) is 5.41 Å². The zero-order chi connectivity index (χ0) is 40.2. The average Bonchev–Trinajstić information content (AvgIpc) is 3.75. The van der Waals surface area contributed by atoms with Gasteiger partial charge in [0.1, 0.15) is 5.82 Å². The number of rotatable bonds is 8. The molecule has 10 aromatic rings. The smallest absolute Gasteiger partial charge is 0.137 e. The van der Waals surface area contributed by atoms with Crippen molar-refractivity contribution in [3.63, 3.8) is 0 Å². The Balaban J connectivity index is 1.16. The molecule has 60 heavy (non-hydrogen) atoms. The van der Waals surface area contributed by atoms with Gasteiger partial charge >= 0.3 is 0 Å². The first-order valence-corrected chi connectivity index (χ1v) is 20.6. The van der Waals surface area contributed by atoms with Crippen molar-refractivity contribution < 1.29 is 0 Å². The SMILES string of the molecule is CC1(C)c2ccccc2-c2ccc(N(c3ccccc3)c3cc(-c4ccc5c(c4)c4ccccc4n5-c4ccccn4)cc(N(c4ccccc4)c4ccccc4)c3)cc21. The fourth-order valence-electron chi connectivity index (χ4n) is 9.36. The van der Waals surface area contributed by atoms with E-state index in [4.69, 9.17) is 4.98 Å². The minimum atomic E-state index is -0.140. The molecule has 0 saturated carbocycles. The van der Waals surface area contributed by atoms with Crippen molar-refractivity contribution in [2.75, 3.05) is 9.80 Å². The highest BCUT2D eigenvalue weighted by molar-refractivity contribution is 6.10. The van der Waals surface area contributed by atoms with Gasteiger partial charge in [0.05, 0.1) is 11.0 Å². The minimum Gasteiger partial charge on any atom is -0.310 e. The van der Waals surface area contributed by atoms with Crippen molar-refractivity contribution in [3.05, 3.63) is 230 Å². The fourth-order valence-corrected chi connectivity index (χ4v) is 9.36. The summed E-state index contributed by atoms with van der Waals surface area (Å²) in [6.45, 7) is 4.71. The summed E-state index contributed by atoms with van der Waals surface area (Å²) in [5.41, 5.74) is 16.2. The number of benzene rings is 8. The lowest BCUT2D eigenvalue weighted by Crippen LogP contribution is -2.17. The molecule has 8 aromatic carbocycles. The molecule has 1 aliphatic rings. The predicted octanol–water partition coefficient (Wildman–Crippen LogP) is 15.1. The van der Waals surface area contributed by atoms with Gasteiger partial charge in [-0.05, 0) is 130 Å². The third kappa shape index (κ3) is 5.87. The van der Waals surface area contributed by atoms with Gasteiger partial charge in [0, 0.05) is 56.5 Å². The molecule has 1 aliphatic carbocycles. The van der Waals surface area contributed by atoms with Gasteiger partial charge in [-0.3, -0.25) is 4.57 Å². The molecule has 2 aromatic heterocycles. The molecule has 4 nitrogen and oxygen atoms in total. The van der Waals surface area contributed by atoms with Gasteiger partial charge in [-0.1, -0.05) is 129 Å². The van der Waals surface area contributed by atoms with Crippen LogP contribution in [0.5, 0.6) is 0 Å². The van der Waals surface area contributed by atoms with Crippen LogP contribution in [0.25, 0.3) is 49.9 Å². The number of nitrogens with zero attached hydrogens (tertiary/aromatic N) is 4. The molecule has 0 spiro atoms. The van der Waals surface area contributed by atoms with Crippen LogP contribution in [0.4, 0.5) is 34.1 Å². The monoisotopic (exact) mass is 770 g/mol. The standard InChI is InChI=1S/C56H42N4/c1-56(2)51-26-14-12-24-47(51)48-31-30-44(38-52(48)56)59(43-22-10-5-11-23-43)46-35-40(34-45(37-46)58(41-18-6-3-7-19-41)42-20-8-4-9-21-42)39-29-32-54-50(36-39)49-25-13-15-27-53(49)60(54)55-28-16-17-33-57-55/h3-38H,1-2H3. The highest BCUT2D eigenvalue weighted by Gasteiger charge is 2.36. The summed E-state index contributed by atoms with van der Waals surface area (Å²) in [7, 11) is 0. The molecule has 0 bridgehead atoms. The van der Waals surface area contributed by atoms with Gasteiger partial charge in [0.25, 0.3) is 0 Å². The first-order chi connectivity index (χ1) is 29.5. The molecule has 0 amide bonds. The van der Waals surface area contributed by atoms with Gasteiger partial charge < -0.3 is 9.80 Å². The molecule has 0 radical (unpaired) electrons. The topological polar surface area (TPSA) is 24.3 Å². The van der Waals surface area contributed by atoms with Crippen molar-refractivity contribution in [3.8, 4) is 28.1 Å². The van der Waals surface area contributed by atoms with Gasteiger partial charge in [-0.25, -0.2) is 4.98 Å². The highest BCUT2D eigenvalue weighted by atomic mass is 15.2. The molecule has 286 valence electrons. The van der Waals surface area contributed by atoms with Crippen LogP contribution in [0.2, 0.25) is 0 Å². The van der Waals surface area contributed by atoms with E-state index in [0.717, 1.165) is 62.1 Å². The summed E-state index contributed by atoms with van der Waals surface area (Å²) in [6.07, 6.45) is 1.86. The Hall–Kier alpha value is -7.69. The maximum Gasteiger partial charge on any atom is 0.137 e. The van der Waals surface area contributed by atoms with Crippen molar-refractivity contribution in [2.24, 2.45) is 0 Å². The molecule has 0 atom stereocenters. The predicted molar refractivity (Wildman–Crippen MR) is 251 cm³/mol. The average molecular weight is 771 g/mol. The maximum atomic E-state index is 4.77. The van der Waals surface area contributed by atoms with E-state index in [1.165, 1.54) is 33.0 Å². The lowest BCUT2D eigenvalue weighted by Gasteiger charge is -2.31. The van der Waals surface area contributed by atoms with Crippen molar-refractivity contribution in [1.29, 1.82) is 0 Å². The minimum absolute atomic E-state index is 0.140. The van der Waals surface area contributed by atoms with Gasteiger partial charge in [0.15, 0.2) is 0 Å². The third-order valence-corrected chi connectivity index (χ3v) is 12.2. The lowest BCUT2D eigenvalue weighted by atomic mass is 9.82. The number of hydrogen-bond donors (Lipinski definition) is 0. The molecule has 0 unspecified atom stereocenters. The molecule has 2 heterocycles. The summed E-state index contributed by atoms with van der Waals surface area (Å²) < 4.78 is 2.27. The van der Waals surface area contributed by atoms with Crippen LogP contribution in [0.1, 0.15) is 25.0 Å². The Morgan fingerprint density at radius 3 is 1.62 bits per heavy atom. The lowest BCUT2D eigenvalue weighted by molar-refractivity contribution is 0.660. The first kappa shape index (κ1) is 35.5. The molecule has 0 N–H and O–H groups in total. The normalized spacial score (nSPS) is 12.6. The van der Waals surface area contributed by atoms with Gasteiger partial charge in [-0.2, -0.15) is 0 Å². The number of aromatic nitrogens is 2. The summed E-state index contributed by atoms with van der Waals surface area (Å²) in [5.74, 6) is 0.904. The third-order valence-electron chi connectivity index (χ3n) is 12.2. The number of fused-ring (bicyclic) bond motifs is 6. The Kier molecular flexibility index (Phi) is 8.45. The molecule has 11 rings (SSSR count). The number of pyridine rings is 1. The van der Waals surface area contributed by atoms with Crippen molar-refractivity contribution in [2.45, 2.75) is 19.3 Å². The summed E-state index contributed by atoms with van der Waals surface area (Å²) >= 11 is 0. The Morgan fingerprint density at radius 1 is 0.383 bits per heavy atom. The largest absolute Gasteiger partial charge is 0.310 e. The fraction of sp³-hybridized carbons (Fsp3) is 0.0536. The van der Waals surface area contributed by atoms with E-state index in [1.54, 1.807) is 0 Å². The van der Waals surface area contributed by atoms with Crippen LogP contribution in [0.3, 0.4) is 0 Å². The maximum absolute atomic E-state index is 4.77. The summed E-state index contributed by atoms with van der Waals surface area (Å²) in [5, 5.41) is 2.38. The van der Waals surface area contributed by atoms with Gasteiger partial charge in [-0.15, -0.1) is 0 Å². The Labute approximate surface area is 350 Å². The van der Waals surface area contributed by atoms with E-state index in [0.29, 0.717) is 0 Å². The summed E-state index contributed by atoms with van der Waals surface area (Å²) in [6, 6.07) is 76.7. The first-order valence-electron chi connectivity index (χ1n) is 20.6. The molecule has 0 aliphatic heterocycles. The van der Waals surface area contributed by atoms with Crippen LogP contribution in [0, 0.1) is 0 Å². The zero-order valence-electron chi connectivity index (χ0n) is 33.6. The van der Waals surface area contributed by atoms with Crippen molar-refractivity contribution >= 4 is 55.9 Å². The molecular weight excluding hydrogens is 729 g/mol. The van der Waals surface area contributed by atoms with E-state index < -0.39 is 0 Å². The number of hydrogen-bond acceptors (Lipinski definition) is 3. The van der Waals surface area contributed by atoms with E-state index in [2.05, 4.69) is 234 Å². The Morgan fingerprint density at radius 2 is 0.950 bits per heavy atom. The van der Waals surface area contributed by atoms with Crippen LogP contribution in [-0.4, -0.2) is 9.55 Å². The second kappa shape index (κ2) is 14.3. The van der Waals surface area contributed by atoms with Crippen LogP contribution in [0.15, 0.2) is 219 Å². The quantitative estimate of drug-likeness (QED) is 0.154. The zero-order valence-corrected chi connectivity index (χ0v) is 33.6. The van der Waals surface area contributed by atoms with E-state index >= 15 is 0 Å². The molecule has 0 saturated heterocycles. The van der Waals surface area contributed by atoms with E-state index in [1.807, 2.05) is 12.3 Å². The van der Waals surface area contributed by atoms with E-state index in [-0.39, 0.29) is 5.41 Å². The number of anilines is 6. The highest BCUT2D eigenvalue weighted by Crippen LogP contribution is 2.51. The second-order valence-corrected chi connectivity index (χ2v) is 16.1.